The highest BCUT2D eigenvalue weighted by Gasteiger charge is 2.29. The van der Waals surface area contributed by atoms with Gasteiger partial charge in [-0.1, -0.05) is 18.2 Å². The number of nitrogens with zero attached hydrogens (tertiary/aromatic N) is 2. The number of nitrogens with one attached hydrogen (secondary N) is 2. The van der Waals surface area contributed by atoms with E-state index in [-0.39, 0.29) is 0 Å². The van der Waals surface area contributed by atoms with Crippen molar-refractivity contribution in [1.82, 2.24) is 15.6 Å². The van der Waals surface area contributed by atoms with Gasteiger partial charge in [0, 0.05) is 37.9 Å². The monoisotopic (exact) mass is 364 g/mol. The van der Waals surface area contributed by atoms with E-state index in [1.54, 1.807) is 6.20 Å². The maximum atomic E-state index is 12.6. The topological polar surface area (TPSA) is 49.3 Å². The van der Waals surface area contributed by atoms with Crippen LogP contribution in [0.15, 0.2) is 53.7 Å². The fourth-order valence-electron chi connectivity index (χ4n) is 2.36. The summed E-state index contributed by atoms with van der Waals surface area (Å²) in [5.74, 6) is 0.690. The average molecular weight is 364 g/mol. The fraction of sp³-hybridized carbons (Fsp3) is 0.368. The largest absolute Gasteiger partial charge is 0.416 e. The molecular weight excluding hydrogens is 341 g/mol. The Labute approximate surface area is 151 Å². The van der Waals surface area contributed by atoms with Crippen molar-refractivity contribution in [2.75, 3.05) is 19.6 Å². The van der Waals surface area contributed by atoms with Crippen molar-refractivity contribution in [3.05, 3.63) is 65.5 Å². The number of hydrogen-bond donors (Lipinski definition) is 2. The van der Waals surface area contributed by atoms with Crippen molar-refractivity contribution in [2.24, 2.45) is 4.99 Å². The minimum atomic E-state index is -4.30. The Morgan fingerprint density at radius 2 is 1.81 bits per heavy atom. The van der Waals surface area contributed by atoms with Gasteiger partial charge < -0.3 is 10.6 Å². The Morgan fingerprint density at radius 1 is 1.04 bits per heavy atom. The van der Waals surface area contributed by atoms with Crippen molar-refractivity contribution in [3.63, 3.8) is 0 Å². The summed E-state index contributed by atoms with van der Waals surface area (Å²) in [6.45, 7) is 3.90. The summed E-state index contributed by atoms with van der Waals surface area (Å²) in [7, 11) is 0. The van der Waals surface area contributed by atoms with Crippen molar-refractivity contribution >= 4 is 5.96 Å². The van der Waals surface area contributed by atoms with E-state index in [1.807, 2.05) is 25.1 Å². The molecule has 0 spiro atoms. The molecule has 1 aromatic carbocycles. The molecule has 4 nitrogen and oxygen atoms in total. The van der Waals surface area contributed by atoms with E-state index in [0.29, 0.717) is 25.5 Å². The second-order valence-corrected chi connectivity index (χ2v) is 5.70. The second-order valence-electron chi connectivity index (χ2n) is 5.70. The van der Waals surface area contributed by atoms with Crippen molar-refractivity contribution in [2.45, 2.75) is 25.9 Å². The molecule has 0 aliphatic rings. The molecule has 26 heavy (non-hydrogen) atoms. The molecule has 0 saturated carbocycles. The lowest BCUT2D eigenvalue weighted by Gasteiger charge is -2.12. The van der Waals surface area contributed by atoms with E-state index >= 15 is 0 Å². The highest BCUT2D eigenvalue weighted by Crippen LogP contribution is 2.29. The predicted octanol–water partition coefficient (Wildman–Crippen LogP) is 3.44. The van der Waals surface area contributed by atoms with Crippen LogP contribution in [0.2, 0.25) is 0 Å². The van der Waals surface area contributed by atoms with Gasteiger partial charge in [0.25, 0.3) is 0 Å². The Morgan fingerprint density at radius 3 is 2.42 bits per heavy atom. The Hall–Kier alpha value is -2.57. The van der Waals surface area contributed by atoms with Crippen LogP contribution in [0.3, 0.4) is 0 Å². The van der Waals surface area contributed by atoms with Gasteiger partial charge in [0.05, 0.1) is 5.56 Å². The first-order chi connectivity index (χ1) is 12.5. The van der Waals surface area contributed by atoms with Crippen LogP contribution in [0.1, 0.15) is 23.7 Å². The van der Waals surface area contributed by atoms with E-state index < -0.39 is 11.7 Å². The molecule has 0 unspecified atom stereocenters. The number of guanidine groups is 1. The number of aliphatic imine (C=N–C) groups is 1. The molecule has 0 fully saturated rings. The van der Waals surface area contributed by atoms with Gasteiger partial charge in [-0.25, -0.2) is 0 Å². The smallest absolute Gasteiger partial charge is 0.357 e. The molecule has 0 aliphatic carbocycles. The molecule has 0 atom stereocenters. The lowest BCUT2D eigenvalue weighted by molar-refractivity contribution is -0.137. The van der Waals surface area contributed by atoms with E-state index in [9.17, 15) is 13.2 Å². The standard InChI is InChI=1S/C19H23F3N4/c1-2-23-18(26-14-11-17-5-3-4-12-24-17)25-13-10-15-6-8-16(9-7-15)19(20,21)22/h3-9,12H,2,10-11,13-14H2,1H3,(H2,23,25,26). The third-order valence-electron chi connectivity index (χ3n) is 3.70. The summed E-state index contributed by atoms with van der Waals surface area (Å²) in [5, 5.41) is 6.35. The summed E-state index contributed by atoms with van der Waals surface area (Å²) >= 11 is 0. The van der Waals surface area contributed by atoms with Crippen LogP contribution in [0.25, 0.3) is 0 Å². The van der Waals surface area contributed by atoms with Gasteiger partial charge in [-0.15, -0.1) is 0 Å². The van der Waals surface area contributed by atoms with Crippen LogP contribution in [0.4, 0.5) is 13.2 Å². The molecule has 0 amide bonds. The van der Waals surface area contributed by atoms with Crippen LogP contribution in [0, 0.1) is 0 Å². The van der Waals surface area contributed by atoms with Crippen molar-refractivity contribution in [3.8, 4) is 0 Å². The van der Waals surface area contributed by atoms with Crippen LogP contribution in [-0.4, -0.2) is 30.6 Å². The minimum absolute atomic E-state index is 0.584. The van der Waals surface area contributed by atoms with Gasteiger partial charge in [-0.3, -0.25) is 9.98 Å². The first kappa shape index (κ1) is 19.8. The zero-order valence-corrected chi connectivity index (χ0v) is 14.7. The quantitative estimate of drug-likeness (QED) is 0.585. The molecule has 140 valence electrons. The average Bonchev–Trinajstić information content (AvgIpc) is 2.62. The number of aromatic nitrogens is 1. The van der Waals surface area contributed by atoms with Gasteiger partial charge in [-0.05, 0) is 43.2 Å². The lowest BCUT2D eigenvalue weighted by atomic mass is 10.1. The number of pyridine rings is 1. The zero-order chi connectivity index (χ0) is 18.8. The van der Waals surface area contributed by atoms with Gasteiger partial charge in [0.15, 0.2) is 5.96 Å². The van der Waals surface area contributed by atoms with Crippen LogP contribution in [0.5, 0.6) is 0 Å². The maximum Gasteiger partial charge on any atom is 0.416 e. The van der Waals surface area contributed by atoms with E-state index in [2.05, 4.69) is 20.6 Å². The highest BCUT2D eigenvalue weighted by atomic mass is 19.4. The number of hydrogen-bond acceptors (Lipinski definition) is 2. The Kier molecular flexibility index (Phi) is 7.44. The zero-order valence-electron chi connectivity index (χ0n) is 14.7. The van der Waals surface area contributed by atoms with E-state index in [1.165, 1.54) is 12.1 Å². The summed E-state index contributed by atoms with van der Waals surface area (Å²) < 4.78 is 37.7. The molecule has 0 saturated heterocycles. The summed E-state index contributed by atoms with van der Waals surface area (Å²) in [6.07, 6.45) is -1.18. The van der Waals surface area contributed by atoms with Gasteiger partial charge >= 0.3 is 6.18 Å². The van der Waals surface area contributed by atoms with E-state index in [0.717, 1.165) is 36.4 Å². The molecule has 7 heteroatoms. The molecule has 0 aliphatic heterocycles. The van der Waals surface area contributed by atoms with Crippen LogP contribution >= 0.6 is 0 Å². The maximum absolute atomic E-state index is 12.6. The Bertz CT molecular complexity index is 682. The fourth-order valence-corrected chi connectivity index (χ4v) is 2.36. The number of rotatable bonds is 7. The molecule has 0 radical (unpaired) electrons. The summed E-state index contributed by atoms with van der Waals surface area (Å²) in [6, 6.07) is 11.0. The second kappa shape index (κ2) is 9.79. The first-order valence-electron chi connectivity index (χ1n) is 8.57. The van der Waals surface area contributed by atoms with Crippen molar-refractivity contribution in [1.29, 1.82) is 0 Å². The highest BCUT2D eigenvalue weighted by molar-refractivity contribution is 5.79. The molecule has 1 heterocycles. The van der Waals surface area contributed by atoms with Crippen LogP contribution < -0.4 is 10.6 Å². The third kappa shape index (κ3) is 6.74. The number of halogens is 3. The predicted molar refractivity (Wildman–Crippen MR) is 97.1 cm³/mol. The third-order valence-corrected chi connectivity index (χ3v) is 3.70. The SMILES string of the molecule is CCNC(=NCCc1ccccn1)NCCc1ccc(C(F)(F)F)cc1. The lowest BCUT2D eigenvalue weighted by Crippen LogP contribution is -2.38. The molecule has 2 aromatic rings. The Balaban J connectivity index is 1.81. The molecular formula is C19H23F3N4. The minimum Gasteiger partial charge on any atom is -0.357 e. The molecule has 2 rings (SSSR count). The van der Waals surface area contributed by atoms with Crippen molar-refractivity contribution < 1.29 is 13.2 Å². The first-order valence-corrected chi connectivity index (χ1v) is 8.57. The van der Waals surface area contributed by atoms with E-state index in [4.69, 9.17) is 0 Å². The normalized spacial score (nSPS) is 12.1. The number of benzene rings is 1. The van der Waals surface area contributed by atoms with Gasteiger partial charge in [-0.2, -0.15) is 13.2 Å². The summed E-state index contributed by atoms with van der Waals surface area (Å²) in [5.41, 5.74) is 1.20. The number of alkyl halides is 3. The summed E-state index contributed by atoms with van der Waals surface area (Å²) in [4.78, 5) is 8.75. The molecule has 0 bridgehead atoms. The van der Waals surface area contributed by atoms with Gasteiger partial charge in [0.1, 0.15) is 0 Å². The molecule has 2 N–H and O–H groups in total. The van der Waals surface area contributed by atoms with Crippen LogP contribution in [-0.2, 0) is 19.0 Å². The molecule has 1 aromatic heterocycles. The van der Waals surface area contributed by atoms with Gasteiger partial charge in [0.2, 0.25) is 0 Å².